The van der Waals surface area contributed by atoms with Gasteiger partial charge in [-0.1, -0.05) is 19.0 Å². The van der Waals surface area contributed by atoms with Crippen molar-refractivity contribution in [3.8, 4) is 0 Å². The molecule has 0 radical (unpaired) electrons. The average molecular weight is 241 g/mol. The first-order chi connectivity index (χ1) is 7.58. The van der Waals surface area contributed by atoms with Crippen molar-refractivity contribution in [2.45, 2.75) is 33.2 Å². The van der Waals surface area contributed by atoms with Crippen molar-refractivity contribution in [2.24, 2.45) is 0 Å². The quantitative estimate of drug-likeness (QED) is 0.827. The molecule has 0 saturated heterocycles. The lowest BCUT2D eigenvalue weighted by Crippen LogP contribution is -2.06. The summed E-state index contributed by atoms with van der Waals surface area (Å²) in [5, 5.41) is 12.1. The first-order valence-corrected chi connectivity index (χ1v) is 5.46. The SMILES string of the molecule is Cc1cc(Cn2c(Cl)nnc2C(C)C)on1. The maximum atomic E-state index is 5.97. The van der Waals surface area contributed by atoms with Crippen LogP contribution in [0.4, 0.5) is 0 Å². The summed E-state index contributed by atoms with van der Waals surface area (Å²) in [6, 6.07) is 1.88. The molecular formula is C10H13ClN4O. The van der Waals surface area contributed by atoms with Crippen molar-refractivity contribution in [2.75, 3.05) is 0 Å². The van der Waals surface area contributed by atoms with Gasteiger partial charge in [-0.05, 0) is 18.5 Å². The second kappa shape index (κ2) is 4.25. The van der Waals surface area contributed by atoms with E-state index < -0.39 is 0 Å². The van der Waals surface area contributed by atoms with Crippen molar-refractivity contribution >= 4 is 11.6 Å². The van der Waals surface area contributed by atoms with E-state index in [2.05, 4.69) is 15.4 Å². The normalized spacial score (nSPS) is 11.3. The van der Waals surface area contributed by atoms with E-state index in [4.69, 9.17) is 16.1 Å². The molecule has 0 N–H and O–H groups in total. The van der Waals surface area contributed by atoms with E-state index in [1.165, 1.54) is 0 Å². The summed E-state index contributed by atoms with van der Waals surface area (Å²) in [4.78, 5) is 0. The molecule has 0 amide bonds. The first-order valence-electron chi connectivity index (χ1n) is 5.08. The largest absolute Gasteiger partial charge is 0.359 e. The second-order valence-corrected chi connectivity index (χ2v) is 4.34. The molecule has 0 atom stereocenters. The van der Waals surface area contributed by atoms with Crippen molar-refractivity contribution in [3.63, 3.8) is 0 Å². The summed E-state index contributed by atoms with van der Waals surface area (Å²) in [7, 11) is 0. The maximum absolute atomic E-state index is 5.97. The van der Waals surface area contributed by atoms with Gasteiger partial charge in [0.1, 0.15) is 5.82 Å². The van der Waals surface area contributed by atoms with Crippen LogP contribution in [0.25, 0.3) is 0 Å². The predicted octanol–water partition coefficient (Wildman–Crippen LogP) is 2.40. The molecule has 0 unspecified atom stereocenters. The summed E-state index contributed by atoms with van der Waals surface area (Å²) < 4.78 is 6.97. The Bertz CT molecular complexity index is 489. The topological polar surface area (TPSA) is 56.7 Å². The predicted molar refractivity (Wildman–Crippen MR) is 59.5 cm³/mol. The van der Waals surface area contributed by atoms with E-state index >= 15 is 0 Å². The van der Waals surface area contributed by atoms with Crippen LogP contribution < -0.4 is 0 Å². The van der Waals surface area contributed by atoms with Gasteiger partial charge in [0.15, 0.2) is 5.76 Å². The molecule has 6 heteroatoms. The number of rotatable bonds is 3. The van der Waals surface area contributed by atoms with Gasteiger partial charge in [0.05, 0.1) is 12.2 Å². The summed E-state index contributed by atoms with van der Waals surface area (Å²) in [6.45, 7) is 6.48. The fraction of sp³-hybridized carbons (Fsp3) is 0.500. The van der Waals surface area contributed by atoms with Crippen LogP contribution in [-0.4, -0.2) is 19.9 Å². The molecule has 0 aromatic carbocycles. The lowest BCUT2D eigenvalue weighted by atomic mass is 10.2. The van der Waals surface area contributed by atoms with Crippen LogP contribution in [0.1, 0.15) is 37.0 Å². The average Bonchev–Trinajstić information content (AvgIpc) is 2.76. The van der Waals surface area contributed by atoms with E-state index in [1.54, 1.807) is 0 Å². The molecule has 0 fully saturated rings. The Morgan fingerprint density at radius 2 is 2.19 bits per heavy atom. The highest BCUT2D eigenvalue weighted by Gasteiger charge is 2.15. The third kappa shape index (κ3) is 2.09. The number of nitrogens with zero attached hydrogens (tertiary/aromatic N) is 4. The van der Waals surface area contributed by atoms with Crippen LogP contribution >= 0.6 is 11.6 Å². The first kappa shape index (κ1) is 11.1. The van der Waals surface area contributed by atoms with Gasteiger partial charge in [0, 0.05) is 12.0 Å². The lowest BCUT2D eigenvalue weighted by Gasteiger charge is -2.07. The van der Waals surface area contributed by atoms with E-state index in [1.807, 2.05) is 31.4 Å². The molecule has 2 aromatic heterocycles. The van der Waals surface area contributed by atoms with Gasteiger partial charge in [-0.2, -0.15) is 0 Å². The van der Waals surface area contributed by atoms with Crippen LogP contribution in [-0.2, 0) is 6.54 Å². The standard InChI is InChI=1S/C10H13ClN4O/c1-6(2)9-12-13-10(11)15(9)5-8-4-7(3)14-16-8/h4,6H,5H2,1-3H3. The zero-order valence-electron chi connectivity index (χ0n) is 9.44. The Morgan fingerprint density at radius 3 is 2.75 bits per heavy atom. The molecule has 0 bridgehead atoms. The second-order valence-electron chi connectivity index (χ2n) is 4.00. The minimum absolute atomic E-state index is 0.268. The summed E-state index contributed by atoms with van der Waals surface area (Å²) in [5.41, 5.74) is 0.852. The van der Waals surface area contributed by atoms with E-state index in [0.717, 1.165) is 17.3 Å². The van der Waals surface area contributed by atoms with Gasteiger partial charge in [0.25, 0.3) is 0 Å². The molecule has 16 heavy (non-hydrogen) atoms. The number of hydrogen-bond acceptors (Lipinski definition) is 4. The molecule has 0 aliphatic carbocycles. The maximum Gasteiger partial charge on any atom is 0.225 e. The van der Waals surface area contributed by atoms with Crippen molar-refractivity contribution in [1.82, 2.24) is 19.9 Å². The van der Waals surface area contributed by atoms with Gasteiger partial charge in [0.2, 0.25) is 5.28 Å². The Balaban J connectivity index is 2.30. The highest BCUT2D eigenvalue weighted by Crippen LogP contribution is 2.18. The van der Waals surface area contributed by atoms with Crippen molar-refractivity contribution < 1.29 is 4.52 Å². The Labute approximate surface area is 98.4 Å². The molecule has 0 aliphatic rings. The molecule has 0 aliphatic heterocycles. The Kier molecular flexibility index (Phi) is 2.96. The molecular weight excluding hydrogens is 228 g/mol. The molecule has 0 saturated carbocycles. The molecule has 2 heterocycles. The molecule has 2 aromatic rings. The third-order valence-corrected chi connectivity index (χ3v) is 2.52. The van der Waals surface area contributed by atoms with E-state index in [0.29, 0.717) is 11.8 Å². The number of halogens is 1. The third-order valence-electron chi connectivity index (χ3n) is 2.24. The van der Waals surface area contributed by atoms with Crippen molar-refractivity contribution in [3.05, 3.63) is 28.6 Å². The van der Waals surface area contributed by atoms with Crippen LogP contribution in [0, 0.1) is 6.92 Å². The highest BCUT2D eigenvalue weighted by molar-refractivity contribution is 6.28. The fourth-order valence-corrected chi connectivity index (χ4v) is 1.70. The Hall–Kier alpha value is -1.36. The zero-order chi connectivity index (χ0) is 11.7. The van der Waals surface area contributed by atoms with Crippen LogP contribution in [0.5, 0.6) is 0 Å². The number of hydrogen-bond donors (Lipinski definition) is 0. The van der Waals surface area contributed by atoms with Gasteiger partial charge in [-0.3, -0.25) is 4.57 Å². The van der Waals surface area contributed by atoms with Crippen molar-refractivity contribution in [1.29, 1.82) is 0 Å². The van der Waals surface area contributed by atoms with Crippen LogP contribution in [0.3, 0.4) is 0 Å². The molecule has 0 spiro atoms. The van der Waals surface area contributed by atoms with E-state index in [-0.39, 0.29) is 5.92 Å². The van der Waals surface area contributed by atoms with Gasteiger partial charge in [-0.25, -0.2) is 0 Å². The number of aromatic nitrogens is 4. The van der Waals surface area contributed by atoms with E-state index in [9.17, 15) is 0 Å². The minimum atomic E-state index is 0.268. The van der Waals surface area contributed by atoms with Crippen LogP contribution in [0.15, 0.2) is 10.6 Å². The molecule has 5 nitrogen and oxygen atoms in total. The highest BCUT2D eigenvalue weighted by atomic mass is 35.5. The van der Waals surface area contributed by atoms with Gasteiger partial charge >= 0.3 is 0 Å². The molecule has 2 rings (SSSR count). The monoisotopic (exact) mass is 240 g/mol. The summed E-state index contributed by atoms with van der Waals surface area (Å²) >= 11 is 5.97. The summed E-state index contributed by atoms with van der Waals surface area (Å²) in [6.07, 6.45) is 0. The zero-order valence-corrected chi connectivity index (χ0v) is 10.2. The minimum Gasteiger partial charge on any atom is -0.359 e. The van der Waals surface area contributed by atoms with Crippen LogP contribution in [0.2, 0.25) is 5.28 Å². The molecule has 86 valence electrons. The smallest absolute Gasteiger partial charge is 0.225 e. The fourth-order valence-electron chi connectivity index (χ4n) is 1.52. The summed E-state index contributed by atoms with van der Waals surface area (Å²) in [5.74, 6) is 1.86. The Morgan fingerprint density at radius 1 is 1.44 bits per heavy atom. The lowest BCUT2D eigenvalue weighted by molar-refractivity contribution is 0.371. The van der Waals surface area contributed by atoms with Gasteiger partial charge < -0.3 is 4.52 Å². The number of aryl methyl sites for hydroxylation is 1. The van der Waals surface area contributed by atoms with Gasteiger partial charge in [-0.15, -0.1) is 10.2 Å².